The summed E-state index contributed by atoms with van der Waals surface area (Å²) >= 11 is 0. The van der Waals surface area contributed by atoms with Crippen LogP contribution >= 0.6 is 0 Å². The van der Waals surface area contributed by atoms with Crippen molar-refractivity contribution < 1.29 is 9.18 Å². The highest BCUT2D eigenvalue weighted by molar-refractivity contribution is 5.83. The first-order valence-corrected chi connectivity index (χ1v) is 11.2. The molecule has 0 radical (unpaired) electrons. The highest BCUT2D eigenvalue weighted by atomic mass is 19.1. The first-order chi connectivity index (χ1) is 14.5. The Kier molecular flexibility index (Phi) is 5.16. The van der Waals surface area contributed by atoms with Gasteiger partial charge in [-0.2, -0.15) is 5.26 Å². The van der Waals surface area contributed by atoms with Crippen LogP contribution in [-0.2, 0) is 11.2 Å². The molecule has 2 bridgehead atoms. The van der Waals surface area contributed by atoms with Gasteiger partial charge in [-0.25, -0.2) is 4.39 Å². The van der Waals surface area contributed by atoms with E-state index >= 15 is 0 Å². The predicted molar refractivity (Wildman–Crippen MR) is 112 cm³/mol. The fourth-order valence-corrected chi connectivity index (χ4v) is 6.13. The smallest absolute Gasteiger partial charge is 0.238 e. The summed E-state index contributed by atoms with van der Waals surface area (Å²) in [7, 11) is 2.14. The molecule has 0 aromatic heterocycles. The van der Waals surface area contributed by atoms with Gasteiger partial charge in [0.1, 0.15) is 11.9 Å². The maximum Gasteiger partial charge on any atom is 0.238 e. The van der Waals surface area contributed by atoms with Crippen molar-refractivity contribution in [3.8, 4) is 6.07 Å². The third kappa shape index (κ3) is 3.57. The van der Waals surface area contributed by atoms with Crippen molar-refractivity contribution in [2.24, 2.45) is 11.8 Å². The van der Waals surface area contributed by atoms with E-state index in [1.165, 1.54) is 0 Å². The maximum absolute atomic E-state index is 14.9. The minimum atomic E-state index is -0.724. The molecule has 3 saturated heterocycles. The standard InChI is InChI=1S/C23H30FN5O/c1-28-12-16-6-7-29(21(16)13-28)19-5-3-14(20(24)10-19)8-18(11-25)27-23(30)22-15-2-4-17(9-15)26-22/h3,5,10,15-18,21-22,26H,2,4,6-9,12-13H2,1H3,(H,27,30)/t15-,16?,17+,18-,21?,22-/m0/s1. The molecule has 0 spiro atoms. The molecule has 1 saturated carbocycles. The molecule has 1 aliphatic carbocycles. The van der Waals surface area contributed by atoms with Gasteiger partial charge in [-0.3, -0.25) is 4.79 Å². The monoisotopic (exact) mass is 411 g/mol. The van der Waals surface area contributed by atoms with Gasteiger partial charge in [-0.1, -0.05) is 6.07 Å². The Hall–Kier alpha value is -2.17. The summed E-state index contributed by atoms with van der Waals surface area (Å²) in [6.07, 6.45) is 4.57. The molecule has 2 unspecified atom stereocenters. The summed E-state index contributed by atoms with van der Waals surface area (Å²) in [6.45, 7) is 3.10. The normalized spacial score (nSPS) is 33.5. The van der Waals surface area contributed by atoms with Crippen LogP contribution in [-0.4, -0.2) is 61.7 Å². The van der Waals surface area contributed by atoms with Gasteiger partial charge in [0.05, 0.1) is 12.1 Å². The average molecular weight is 412 g/mol. The van der Waals surface area contributed by atoms with Crippen LogP contribution in [0.1, 0.15) is 31.2 Å². The molecule has 30 heavy (non-hydrogen) atoms. The van der Waals surface area contributed by atoms with Gasteiger partial charge in [-0.15, -0.1) is 0 Å². The van der Waals surface area contributed by atoms with Gasteiger partial charge >= 0.3 is 0 Å². The van der Waals surface area contributed by atoms with Crippen LogP contribution in [0.15, 0.2) is 18.2 Å². The number of piperidine rings is 1. The first-order valence-electron chi connectivity index (χ1n) is 11.2. The summed E-state index contributed by atoms with van der Waals surface area (Å²) < 4.78 is 14.9. The number of nitrogens with one attached hydrogen (secondary N) is 2. The number of halogens is 1. The van der Waals surface area contributed by atoms with E-state index in [1.54, 1.807) is 12.1 Å². The Bertz CT molecular complexity index is 870. The van der Waals surface area contributed by atoms with Crippen molar-refractivity contribution in [1.29, 1.82) is 5.26 Å². The Balaban J connectivity index is 1.23. The second-order valence-electron chi connectivity index (χ2n) is 9.62. The summed E-state index contributed by atoms with van der Waals surface area (Å²) in [5, 5.41) is 15.7. The summed E-state index contributed by atoms with van der Waals surface area (Å²) in [5.41, 5.74) is 1.40. The molecular weight excluding hydrogens is 381 g/mol. The number of amides is 1. The van der Waals surface area contributed by atoms with E-state index < -0.39 is 6.04 Å². The number of likely N-dealkylation sites (tertiary alicyclic amines) is 1. The maximum atomic E-state index is 14.9. The highest BCUT2D eigenvalue weighted by Gasteiger charge is 2.43. The number of carbonyl (C=O) groups excluding carboxylic acids is 1. The number of fused-ring (bicyclic) bond motifs is 3. The zero-order valence-electron chi connectivity index (χ0n) is 17.5. The van der Waals surface area contributed by atoms with Crippen molar-refractivity contribution in [3.63, 3.8) is 0 Å². The molecule has 6 atom stereocenters. The molecule has 3 heterocycles. The van der Waals surface area contributed by atoms with E-state index in [9.17, 15) is 14.4 Å². The van der Waals surface area contributed by atoms with Crippen LogP contribution in [0.25, 0.3) is 0 Å². The van der Waals surface area contributed by atoms with E-state index in [-0.39, 0.29) is 24.2 Å². The van der Waals surface area contributed by atoms with Gasteiger partial charge in [-0.05, 0) is 62.3 Å². The molecule has 3 aliphatic heterocycles. The number of benzene rings is 1. The minimum Gasteiger partial charge on any atom is -0.367 e. The van der Waals surface area contributed by atoms with Crippen LogP contribution in [0, 0.1) is 29.0 Å². The van der Waals surface area contributed by atoms with Gasteiger partial charge in [0.25, 0.3) is 0 Å². The van der Waals surface area contributed by atoms with E-state index in [1.807, 2.05) is 6.07 Å². The molecule has 2 N–H and O–H groups in total. The van der Waals surface area contributed by atoms with Gasteiger partial charge < -0.3 is 20.4 Å². The minimum absolute atomic E-state index is 0.126. The number of nitriles is 1. The molecule has 4 aliphatic rings. The summed E-state index contributed by atoms with van der Waals surface area (Å²) in [6, 6.07) is 7.44. The van der Waals surface area contributed by atoms with Crippen molar-refractivity contribution in [1.82, 2.24) is 15.5 Å². The lowest BCUT2D eigenvalue weighted by atomic mass is 9.98. The third-order valence-electron chi connectivity index (χ3n) is 7.64. The number of likely N-dealkylation sites (N-methyl/N-ethyl adjacent to an activating group) is 1. The second kappa shape index (κ2) is 7.82. The fourth-order valence-electron chi connectivity index (χ4n) is 6.13. The van der Waals surface area contributed by atoms with Gasteiger partial charge in [0.15, 0.2) is 0 Å². The number of nitrogens with zero attached hydrogens (tertiary/aromatic N) is 3. The molecule has 1 aromatic rings. The molecule has 1 aromatic carbocycles. The number of anilines is 1. The quantitative estimate of drug-likeness (QED) is 0.771. The number of carbonyl (C=O) groups is 1. The van der Waals surface area contributed by atoms with Crippen LogP contribution in [0.5, 0.6) is 0 Å². The van der Waals surface area contributed by atoms with E-state index in [2.05, 4.69) is 33.6 Å². The zero-order chi connectivity index (χ0) is 20.8. The molecular formula is C23H30FN5O. The van der Waals surface area contributed by atoms with Crippen molar-refractivity contribution in [2.75, 3.05) is 31.6 Å². The van der Waals surface area contributed by atoms with Crippen molar-refractivity contribution >= 4 is 11.6 Å². The zero-order valence-corrected chi connectivity index (χ0v) is 17.5. The molecule has 160 valence electrons. The second-order valence-corrected chi connectivity index (χ2v) is 9.62. The van der Waals surface area contributed by atoms with Crippen LogP contribution in [0.2, 0.25) is 0 Å². The van der Waals surface area contributed by atoms with Crippen LogP contribution < -0.4 is 15.5 Å². The molecule has 7 heteroatoms. The third-order valence-corrected chi connectivity index (χ3v) is 7.64. The highest BCUT2D eigenvalue weighted by Crippen LogP contribution is 2.36. The molecule has 4 fully saturated rings. The average Bonchev–Trinajstić information content (AvgIpc) is 3.49. The van der Waals surface area contributed by atoms with E-state index in [0.29, 0.717) is 29.5 Å². The topological polar surface area (TPSA) is 71.4 Å². The number of hydrogen-bond acceptors (Lipinski definition) is 5. The summed E-state index contributed by atoms with van der Waals surface area (Å²) in [4.78, 5) is 17.3. The van der Waals surface area contributed by atoms with Crippen LogP contribution in [0.4, 0.5) is 10.1 Å². The predicted octanol–water partition coefficient (Wildman–Crippen LogP) is 1.66. The van der Waals surface area contributed by atoms with Crippen LogP contribution in [0.3, 0.4) is 0 Å². The lowest BCUT2D eigenvalue weighted by molar-refractivity contribution is -0.124. The lowest BCUT2D eigenvalue weighted by Crippen LogP contribution is -2.50. The fraction of sp³-hybridized carbons (Fsp3) is 0.652. The SMILES string of the molecule is CN1CC2CCN(c3ccc(C[C@@H](C#N)NC(=O)[C@H]4N[C@@H]5CC[C@H]4C5)c(F)c3)C2C1. The van der Waals surface area contributed by atoms with Gasteiger partial charge in [0.2, 0.25) is 5.91 Å². The lowest BCUT2D eigenvalue weighted by Gasteiger charge is -2.27. The van der Waals surface area contributed by atoms with E-state index in [0.717, 1.165) is 51.0 Å². The Morgan fingerprint density at radius 3 is 2.90 bits per heavy atom. The van der Waals surface area contributed by atoms with E-state index in [4.69, 9.17) is 0 Å². The number of rotatable bonds is 5. The van der Waals surface area contributed by atoms with Crippen molar-refractivity contribution in [3.05, 3.63) is 29.6 Å². The first kappa shape index (κ1) is 19.8. The summed E-state index contributed by atoms with van der Waals surface area (Å²) in [5.74, 6) is 0.605. The van der Waals surface area contributed by atoms with Crippen molar-refractivity contribution in [2.45, 2.75) is 56.3 Å². The largest absolute Gasteiger partial charge is 0.367 e. The Morgan fingerprint density at radius 2 is 2.20 bits per heavy atom. The Morgan fingerprint density at radius 1 is 1.33 bits per heavy atom. The Labute approximate surface area is 177 Å². The molecule has 1 amide bonds. The molecule has 6 nitrogen and oxygen atoms in total. The number of hydrogen-bond donors (Lipinski definition) is 2. The van der Waals surface area contributed by atoms with Gasteiger partial charge in [0, 0.05) is 43.8 Å². The molecule has 5 rings (SSSR count).